The number of ether oxygens (including phenoxy) is 1. The predicted molar refractivity (Wildman–Crippen MR) is 128 cm³/mol. The van der Waals surface area contributed by atoms with Gasteiger partial charge in [0, 0.05) is 0 Å². The number of aryl methyl sites for hydroxylation is 1. The fourth-order valence-electron chi connectivity index (χ4n) is 3.72. The highest BCUT2D eigenvalue weighted by molar-refractivity contribution is 5.96. The number of para-hydroxylation sites is 1. The number of carbonyl (C=O) groups is 2. The van der Waals surface area contributed by atoms with Crippen molar-refractivity contribution in [2.45, 2.75) is 20.3 Å². The Hall–Kier alpha value is -4.19. The maximum Gasteiger partial charge on any atom is 0.338 e. The van der Waals surface area contributed by atoms with E-state index in [2.05, 4.69) is 10.4 Å². The third-order valence-electron chi connectivity index (χ3n) is 5.37. The lowest BCUT2D eigenvalue weighted by Gasteiger charge is -2.10. The molecule has 1 N–H and O–H groups in total. The van der Waals surface area contributed by atoms with Crippen molar-refractivity contribution >= 4 is 17.6 Å². The second-order valence-corrected chi connectivity index (χ2v) is 7.74. The molecular formula is C27H25N3O3. The summed E-state index contributed by atoms with van der Waals surface area (Å²) < 4.78 is 7.11. The highest BCUT2D eigenvalue weighted by atomic mass is 16.5. The van der Waals surface area contributed by atoms with Gasteiger partial charge in [0.25, 0.3) is 5.91 Å². The van der Waals surface area contributed by atoms with Crippen molar-refractivity contribution in [1.29, 1.82) is 0 Å². The van der Waals surface area contributed by atoms with Crippen LogP contribution >= 0.6 is 0 Å². The van der Waals surface area contributed by atoms with Gasteiger partial charge in [-0.2, -0.15) is 5.10 Å². The lowest BCUT2D eigenvalue weighted by Crippen LogP contribution is -2.22. The molecule has 4 rings (SSSR count). The minimum Gasteiger partial charge on any atom is -0.452 e. The van der Waals surface area contributed by atoms with Crippen molar-refractivity contribution in [3.8, 4) is 5.69 Å². The van der Waals surface area contributed by atoms with Gasteiger partial charge in [-0.15, -0.1) is 0 Å². The predicted octanol–water partition coefficient (Wildman–Crippen LogP) is 4.88. The SMILES string of the molecule is Cc1nn(-c2ccccc2)c(C)c1NC(=O)COC(=O)c1ccccc1Cc1ccccc1. The Bertz CT molecular complexity index is 1260. The molecule has 6 heteroatoms. The van der Waals surface area contributed by atoms with E-state index in [-0.39, 0.29) is 6.61 Å². The molecule has 0 fully saturated rings. The minimum atomic E-state index is -0.523. The summed E-state index contributed by atoms with van der Waals surface area (Å²) in [7, 11) is 0. The molecule has 1 heterocycles. The number of hydrogen-bond acceptors (Lipinski definition) is 4. The number of anilines is 1. The molecular weight excluding hydrogens is 414 g/mol. The molecule has 33 heavy (non-hydrogen) atoms. The first-order valence-corrected chi connectivity index (χ1v) is 10.7. The third kappa shape index (κ3) is 5.18. The number of benzene rings is 3. The molecule has 6 nitrogen and oxygen atoms in total. The van der Waals surface area contributed by atoms with Crippen molar-refractivity contribution in [1.82, 2.24) is 9.78 Å². The van der Waals surface area contributed by atoms with E-state index in [1.807, 2.05) is 86.6 Å². The average Bonchev–Trinajstić information content (AvgIpc) is 3.12. The molecule has 0 aliphatic heterocycles. The van der Waals surface area contributed by atoms with Gasteiger partial charge in [0.15, 0.2) is 6.61 Å². The summed E-state index contributed by atoms with van der Waals surface area (Å²) in [6.45, 7) is 3.33. The van der Waals surface area contributed by atoms with E-state index < -0.39 is 11.9 Å². The van der Waals surface area contributed by atoms with Gasteiger partial charge in [0.1, 0.15) is 0 Å². The fourth-order valence-corrected chi connectivity index (χ4v) is 3.72. The van der Waals surface area contributed by atoms with Crippen LogP contribution in [0.15, 0.2) is 84.9 Å². The zero-order valence-corrected chi connectivity index (χ0v) is 18.6. The van der Waals surface area contributed by atoms with Crippen LogP contribution in [0.1, 0.15) is 32.9 Å². The summed E-state index contributed by atoms with van der Waals surface area (Å²) in [4.78, 5) is 25.3. The number of aromatic nitrogens is 2. The van der Waals surface area contributed by atoms with Gasteiger partial charge >= 0.3 is 5.97 Å². The van der Waals surface area contributed by atoms with Crippen LogP contribution < -0.4 is 5.32 Å². The van der Waals surface area contributed by atoms with Gasteiger partial charge in [-0.1, -0.05) is 66.7 Å². The van der Waals surface area contributed by atoms with Crippen LogP contribution in [-0.4, -0.2) is 28.3 Å². The second-order valence-electron chi connectivity index (χ2n) is 7.74. The van der Waals surface area contributed by atoms with Crippen molar-refractivity contribution in [2.75, 3.05) is 11.9 Å². The van der Waals surface area contributed by atoms with E-state index in [0.29, 0.717) is 23.4 Å². The summed E-state index contributed by atoms with van der Waals surface area (Å²) >= 11 is 0. The van der Waals surface area contributed by atoms with Crippen LogP contribution in [0, 0.1) is 13.8 Å². The molecule has 0 saturated heterocycles. The Morgan fingerprint density at radius 1 is 0.879 bits per heavy atom. The quantitative estimate of drug-likeness (QED) is 0.417. The van der Waals surface area contributed by atoms with Crippen LogP contribution in [0.5, 0.6) is 0 Å². The maximum atomic E-state index is 12.7. The normalized spacial score (nSPS) is 10.6. The summed E-state index contributed by atoms with van der Waals surface area (Å²) in [5, 5.41) is 7.35. The van der Waals surface area contributed by atoms with Crippen molar-refractivity contribution < 1.29 is 14.3 Å². The van der Waals surface area contributed by atoms with E-state index in [4.69, 9.17) is 4.74 Å². The molecule has 3 aromatic carbocycles. The Kier molecular flexibility index (Phi) is 6.64. The van der Waals surface area contributed by atoms with Crippen LogP contribution in [0.2, 0.25) is 0 Å². The number of hydrogen-bond donors (Lipinski definition) is 1. The summed E-state index contributed by atoms with van der Waals surface area (Å²) in [6, 6.07) is 26.9. The van der Waals surface area contributed by atoms with E-state index in [0.717, 1.165) is 22.5 Å². The molecule has 0 bridgehead atoms. The smallest absolute Gasteiger partial charge is 0.338 e. The van der Waals surface area contributed by atoms with Gasteiger partial charge in [-0.3, -0.25) is 4.79 Å². The second kappa shape index (κ2) is 9.96. The summed E-state index contributed by atoms with van der Waals surface area (Å²) in [5.41, 5.74) is 5.40. The van der Waals surface area contributed by atoms with E-state index in [1.165, 1.54) is 0 Å². The van der Waals surface area contributed by atoms with Crippen molar-refractivity contribution in [3.05, 3.63) is 113 Å². The molecule has 0 saturated carbocycles. The number of carbonyl (C=O) groups excluding carboxylic acids is 2. The Morgan fingerprint density at radius 2 is 1.52 bits per heavy atom. The molecule has 0 radical (unpaired) electrons. The zero-order chi connectivity index (χ0) is 23.2. The highest BCUT2D eigenvalue weighted by Gasteiger charge is 2.18. The highest BCUT2D eigenvalue weighted by Crippen LogP contribution is 2.23. The van der Waals surface area contributed by atoms with Gasteiger partial charge in [0.2, 0.25) is 0 Å². The summed E-state index contributed by atoms with van der Waals surface area (Å²) in [5.74, 6) is -0.937. The number of esters is 1. The van der Waals surface area contributed by atoms with Crippen LogP contribution in [0.25, 0.3) is 5.69 Å². The number of rotatable bonds is 7. The van der Waals surface area contributed by atoms with Crippen LogP contribution in [0.4, 0.5) is 5.69 Å². The zero-order valence-electron chi connectivity index (χ0n) is 18.6. The summed E-state index contributed by atoms with van der Waals surface area (Å²) in [6.07, 6.45) is 0.607. The van der Waals surface area contributed by atoms with Gasteiger partial charge in [-0.25, -0.2) is 9.48 Å². The lowest BCUT2D eigenvalue weighted by molar-refractivity contribution is -0.119. The van der Waals surface area contributed by atoms with E-state index in [1.54, 1.807) is 16.8 Å². The molecule has 0 spiro atoms. The fraction of sp³-hybridized carbons (Fsp3) is 0.148. The topological polar surface area (TPSA) is 73.2 Å². The van der Waals surface area contributed by atoms with Crippen LogP contribution in [0.3, 0.4) is 0 Å². The number of nitrogens with zero attached hydrogens (tertiary/aromatic N) is 2. The molecule has 0 aliphatic rings. The van der Waals surface area contributed by atoms with E-state index in [9.17, 15) is 9.59 Å². The molecule has 1 aromatic heterocycles. The average molecular weight is 440 g/mol. The minimum absolute atomic E-state index is 0.381. The van der Waals surface area contributed by atoms with Crippen molar-refractivity contribution in [2.24, 2.45) is 0 Å². The van der Waals surface area contributed by atoms with Gasteiger partial charge in [0.05, 0.1) is 28.3 Å². The Labute approximate surface area is 192 Å². The molecule has 166 valence electrons. The molecule has 0 atom stereocenters. The van der Waals surface area contributed by atoms with Gasteiger partial charge < -0.3 is 10.1 Å². The Balaban J connectivity index is 1.41. The largest absolute Gasteiger partial charge is 0.452 e. The van der Waals surface area contributed by atoms with E-state index >= 15 is 0 Å². The lowest BCUT2D eigenvalue weighted by atomic mass is 10.00. The first-order chi connectivity index (χ1) is 16.0. The van der Waals surface area contributed by atoms with Crippen molar-refractivity contribution in [3.63, 3.8) is 0 Å². The standard InChI is InChI=1S/C27H25N3O3/c1-19-26(20(2)30(29-19)23-14-7-4-8-15-23)28-25(31)18-33-27(32)24-16-10-9-13-22(24)17-21-11-5-3-6-12-21/h3-16H,17-18H2,1-2H3,(H,28,31). The monoisotopic (exact) mass is 439 g/mol. The van der Waals surface area contributed by atoms with Gasteiger partial charge in [-0.05, 0) is 49.6 Å². The Morgan fingerprint density at radius 3 is 2.24 bits per heavy atom. The molecule has 0 unspecified atom stereocenters. The maximum absolute atomic E-state index is 12.7. The first kappa shape index (κ1) is 22.0. The molecule has 0 aliphatic carbocycles. The first-order valence-electron chi connectivity index (χ1n) is 10.7. The molecule has 4 aromatic rings. The van der Waals surface area contributed by atoms with Crippen LogP contribution in [-0.2, 0) is 16.0 Å². The molecule has 1 amide bonds. The third-order valence-corrected chi connectivity index (χ3v) is 5.37. The number of nitrogens with one attached hydrogen (secondary N) is 1. The number of amides is 1.